The van der Waals surface area contributed by atoms with Crippen molar-refractivity contribution in [3.63, 3.8) is 0 Å². The van der Waals surface area contributed by atoms with Crippen LogP contribution in [0.25, 0.3) is 10.9 Å². The zero-order chi connectivity index (χ0) is 21.3. The van der Waals surface area contributed by atoms with Gasteiger partial charge in [-0.2, -0.15) is 9.97 Å². The Kier molecular flexibility index (Phi) is 6.50. The first-order valence-corrected chi connectivity index (χ1v) is 10.7. The quantitative estimate of drug-likeness (QED) is 0.736. The number of hydrogen-bond donors (Lipinski definition) is 1. The lowest BCUT2D eigenvalue weighted by atomic mass is 10.1. The van der Waals surface area contributed by atoms with Gasteiger partial charge in [-0.25, -0.2) is 13.8 Å². The molecular formula is C20H27ClF2N6O. The van der Waals surface area contributed by atoms with Crippen LogP contribution in [-0.4, -0.2) is 78.4 Å². The summed E-state index contributed by atoms with van der Waals surface area (Å²) in [4.78, 5) is 16.5. The van der Waals surface area contributed by atoms with E-state index in [1.54, 1.807) is 0 Å². The van der Waals surface area contributed by atoms with Crippen LogP contribution in [-0.2, 0) is 0 Å². The van der Waals surface area contributed by atoms with E-state index in [0.29, 0.717) is 23.8 Å². The molecule has 2 aromatic heterocycles. The summed E-state index contributed by atoms with van der Waals surface area (Å²) in [5.41, 5.74) is 0.120. The molecule has 0 radical (unpaired) electrons. The lowest BCUT2D eigenvalue weighted by molar-refractivity contribution is 0.292. The van der Waals surface area contributed by atoms with Crippen molar-refractivity contribution in [3.8, 4) is 6.01 Å². The third-order valence-corrected chi connectivity index (χ3v) is 6.42. The smallest absolute Gasteiger partial charge is 0.318 e. The lowest BCUT2D eigenvalue weighted by Crippen LogP contribution is -2.34. The number of ether oxygens (including phenoxy) is 1. The molecule has 5 heterocycles. The number of nitrogens with zero attached hydrogens (tertiary/aromatic N) is 5. The van der Waals surface area contributed by atoms with E-state index < -0.39 is 12.0 Å². The van der Waals surface area contributed by atoms with Crippen molar-refractivity contribution >= 4 is 28.3 Å². The molecule has 0 spiro atoms. The maximum Gasteiger partial charge on any atom is 0.318 e. The molecule has 2 aromatic rings. The number of nitrogens with one attached hydrogen (secondary N) is 1. The highest BCUT2D eigenvalue weighted by Gasteiger charge is 2.34. The van der Waals surface area contributed by atoms with Crippen molar-refractivity contribution in [1.29, 1.82) is 0 Å². The molecule has 164 valence electrons. The van der Waals surface area contributed by atoms with E-state index in [9.17, 15) is 8.78 Å². The minimum absolute atomic E-state index is 0.108. The number of anilines is 1. The first-order chi connectivity index (χ1) is 14.5. The molecule has 3 atom stereocenters. The summed E-state index contributed by atoms with van der Waals surface area (Å²) < 4.78 is 31.8. The Morgan fingerprint density at radius 1 is 1.33 bits per heavy atom. The van der Waals surface area contributed by atoms with Crippen LogP contribution in [0.1, 0.15) is 25.7 Å². The average Bonchev–Trinajstić information content (AvgIpc) is 3.48. The first-order valence-electron chi connectivity index (χ1n) is 10.3. The van der Waals surface area contributed by atoms with Gasteiger partial charge in [0.15, 0.2) is 11.0 Å². The molecule has 0 amide bonds. The standard InChI is InChI=1S/C13H15ClFN5O.C7H12FN/c1-20(7-3-4-16-5-7)12-8-6-17-11(14)9(15)10(8)18-13(19-12)21-2;8-6-4-7-2-1-3-9(7)5-6/h6-7,16H,3-5H2,1-2H3;6-7H,1-5H2. The molecule has 7 nitrogen and oxygen atoms in total. The number of likely N-dealkylation sites (N-methyl/N-ethyl adjacent to an activating group) is 1. The second-order valence-corrected chi connectivity index (χ2v) is 8.40. The molecule has 5 rings (SSSR count). The van der Waals surface area contributed by atoms with Gasteiger partial charge in [0.2, 0.25) is 0 Å². The topological polar surface area (TPSA) is 66.4 Å². The summed E-state index contributed by atoms with van der Waals surface area (Å²) in [6.45, 7) is 3.66. The van der Waals surface area contributed by atoms with Crippen molar-refractivity contribution < 1.29 is 13.5 Å². The highest BCUT2D eigenvalue weighted by Crippen LogP contribution is 2.31. The normalized spacial score (nSPS) is 25.8. The molecule has 1 N–H and O–H groups in total. The number of methoxy groups -OCH3 is 1. The summed E-state index contributed by atoms with van der Waals surface area (Å²) in [6.07, 6.45) is 5.30. The van der Waals surface area contributed by atoms with Crippen LogP contribution in [0.5, 0.6) is 6.01 Å². The van der Waals surface area contributed by atoms with Crippen LogP contribution in [0.2, 0.25) is 5.15 Å². The molecule has 3 fully saturated rings. The van der Waals surface area contributed by atoms with Crippen molar-refractivity contribution in [3.05, 3.63) is 17.2 Å². The summed E-state index contributed by atoms with van der Waals surface area (Å²) in [7, 11) is 3.37. The van der Waals surface area contributed by atoms with Crippen molar-refractivity contribution in [2.24, 2.45) is 0 Å². The molecule has 0 aliphatic carbocycles. The highest BCUT2D eigenvalue weighted by atomic mass is 35.5. The van der Waals surface area contributed by atoms with Gasteiger partial charge in [0.05, 0.1) is 12.5 Å². The molecule has 3 unspecified atom stereocenters. The van der Waals surface area contributed by atoms with Crippen molar-refractivity contribution in [2.75, 3.05) is 45.2 Å². The van der Waals surface area contributed by atoms with Crippen LogP contribution in [0.4, 0.5) is 14.6 Å². The zero-order valence-corrected chi connectivity index (χ0v) is 18.0. The number of alkyl halides is 1. The van der Waals surface area contributed by atoms with E-state index in [-0.39, 0.29) is 22.7 Å². The minimum atomic E-state index is -0.658. The number of pyridine rings is 1. The molecule has 0 bridgehead atoms. The number of aromatic nitrogens is 3. The van der Waals surface area contributed by atoms with E-state index in [1.165, 1.54) is 26.1 Å². The lowest BCUT2D eigenvalue weighted by Gasteiger charge is -2.26. The third kappa shape index (κ3) is 4.29. The summed E-state index contributed by atoms with van der Waals surface area (Å²) >= 11 is 5.73. The first kappa shape index (κ1) is 21.4. The molecular weight excluding hydrogens is 414 g/mol. The Hall–Kier alpha value is -1.84. The van der Waals surface area contributed by atoms with Gasteiger partial charge in [-0.15, -0.1) is 0 Å². The van der Waals surface area contributed by atoms with E-state index in [1.807, 2.05) is 11.9 Å². The van der Waals surface area contributed by atoms with Gasteiger partial charge in [0.1, 0.15) is 17.5 Å². The highest BCUT2D eigenvalue weighted by molar-refractivity contribution is 6.30. The second-order valence-electron chi connectivity index (χ2n) is 8.04. The number of halogens is 3. The Balaban J connectivity index is 0.000000200. The van der Waals surface area contributed by atoms with Crippen molar-refractivity contribution in [1.82, 2.24) is 25.2 Å². The molecule has 0 saturated carbocycles. The maximum absolute atomic E-state index is 14.2. The minimum Gasteiger partial charge on any atom is -0.467 e. The number of fused-ring (bicyclic) bond motifs is 2. The Morgan fingerprint density at radius 2 is 2.17 bits per heavy atom. The number of hydrogen-bond acceptors (Lipinski definition) is 7. The van der Waals surface area contributed by atoms with Gasteiger partial charge in [-0.3, -0.25) is 4.90 Å². The molecule has 3 aliphatic heterocycles. The van der Waals surface area contributed by atoms with Gasteiger partial charge in [-0.1, -0.05) is 11.6 Å². The molecule has 30 heavy (non-hydrogen) atoms. The molecule has 0 aromatic carbocycles. The van der Waals surface area contributed by atoms with E-state index in [2.05, 4.69) is 25.2 Å². The fourth-order valence-corrected chi connectivity index (χ4v) is 4.67. The van der Waals surface area contributed by atoms with E-state index in [4.69, 9.17) is 16.3 Å². The average molecular weight is 441 g/mol. The third-order valence-electron chi connectivity index (χ3n) is 6.16. The van der Waals surface area contributed by atoms with Crippen LogP contribution in [0.15, 0.2) is 6.20 Å². The van der Waals surface area contributed by atoms with Gasteiger partial charge < -0.3 is 15.0 Å². The maximum atomic E-state index is 14.2. The number of rotatable bonds is 3. The van der Waals surface area contributed by atoms with Gasteiger partial charge >= 0.3 is 6.01 Å². The molecule has 3 aliphatic rings. The Bertz CT molecular complexity index is 885. The largest absolute Gasteiger partial charge is 0.467 e. The SMILES string of the molecule is COc1nc(N(C)C2CCNC2)c2cnc(Cl)c(F)c2n1.FC1CC2CCCN2C1. The Labute approximate surface area is 179 Å². The second kappa shape index (κ2) is 9.11. The monoisotopic (exact) mass is 440 g/mol. The van der Waals surface area contributed by atoms with Crippen molar-refractivity contribution in [2.45, 2.75) is 43.9 Å². The van der Waals surface area contributed by atoms with Gasteiger partial charge in [-0.05, 0) is 38.8 Å². The molecule has 10 heteroatoms. The van der Waals surface area contributed by atoms with Crippen LogP contribution < -0.4 is 15.0 Å². The fraction of sp³-hybridized carbons (Fsp3) is 0.650. The van der Waals surface area contributed by atoms with Gasteiger partial charge in [0, 0.05) is 38.4 Å². The van der Waals surface area contributed by atoms with E-state index in [0.717, 1.165) is 32.5 Å². The predicted octanol–water partition coefficient (Wildman–Crippen LogP) is 2.82. The zero-order valence-electron chi connectivity index (χ0n) is 17.2. The van der Waals surface area contributed by atoms with E-state index >= 15 is 0 Å². The summed E-state index contributed by atoms with van der Waals surface area (Å²) in [5.74, 6) is -0.0670. The van der Waals surface area contributed by atoms with Crippen LogP contribution in [0.3, 0.4) is 0 Å². The fourth-order valence-electron chi connectivity index (χ4n) is 4.53. The molecule has 3 saturated heterocycles. The van der Waals surface area contributed by atoms with Gasteiger partial charge in [0.25, 0.3) is 0 Å². The van der Waals surface area contributed by atoms with Crippen LogP contribution >= 0.6 is 11.6 Å². The predicted molar refractivity (Wildman–Crippen MR) is 113 cm³/mol. The summed E-state index contributed by atoms with van der Waals surface area (Å²) in [5, 5.41) is 3.60. The summed E-state index contributed by atoms with van der Waals surface area (Å²) in [6, 6.07) is 1.00. The Morgan fingerprint density at radius 3 is 2.87 bits per heavy atom. The van der Waals surface area contributed by atoms with Crippen LogP contribution in [0, 0.1) is 5.82 Å².